The number of benzene rings is 3. The van der Waals surface area contributed by atoms with E-state index in [-0.39, 0.29) is 43.7 Å². The van der Waals surface area contributed by atoms with E-state index in [1.807, 2.05) is 36.4 Å². The van der Waals surface area contributed by atoms with Gasteiger partial charge in [-0.25, -0.2) is 0 Å². The molecule has 3 aromatic carbocycles. The van der Waals surface area contributed by atoms with Crippen LogP contribution >= 0.6 is 11.8 Å². The van der Waals surface area contributed by atoms with Crippen LogP contribution in [-0.4, -0.2) is 54.0 Å². The molecule has 8 heteroatoms. The Morgan fingerprint density at radius 2 is 1.62 bits per heavy atom. The Hall–Kier alpha value is -3.65. The summed E-state index contributed by atoms with van der Waals surface area (Å²) < 4.78 is 5.19. The van der Waals surface area contributed by atoms with Crippen molar-refractivity contribution in [3.8, 4) is 0 Å². The number of carbonyl (C=O) groups excluding carboxylic acids is 4. The van der Waals surface area contributed by atoms with Crippen LogP contribution in [0.4, 0.5) is 5.69 Å². The Morgan fingerprint density at radius 3 is 2.35 bits per heavy atom. The van der Waals surface area contributed by atoms with Gasteiger partial charge in [-0.2, -0.15) is 0 Å². The van der Waals surface area contributed by atoms with Gasteiger partial charge in [0.1, 0.15) is 0 Å². The van der Waals surface area contributed by atoms with Crippen molar-refractivity contribution in [1.29, 1.82) is 0 Å². The molecule has 0 saturated heterocycles. The summed E-state index contributed by atoms with van der Waals surface area (Å²) in [4.78, 5) is 54.6. The van der Waals surface area contributed by atoms with Crippen molar-refractivity contribution in [2.75, 3.05) is 30.3 Å². The van der Waals surface area contributed by atoms with Crippen LogP contribution in [-0.2, 0) is 14.3 Å². The molecule has 0 bridgehead atoms. The minimum Gasteiger partial charge on any atom is -0.456 e. The van der Waals surface area contributed by atoms with Gasteiger partial charge in [0.15, 0.2) is 6.61 Å². The molecule has 7 nitrogen and oxygen atoms in total. The molecule has 2 heterocycles. The third kappa shape index (κ3) is 4.05. The van der Waals surface area contributed by atoms with Gasteiger partial charge in [-0.3, -0.25) is 24.1 Å². The number of hydrogen-bond donors (Lipinski definition) is 0. The van der Waals surface area contributed by atoms with E-state index in [0.717, 1.165) is 21.7 Å². The third-order valence-corrected chi connectivity index (χ3v) is 7.05. The summed E-state index contributed by atoms with van der Waals surface area (Å²) in [6.45, 7) is 0.322. The van der Waals surface area contributed by atoms with Crippen molar-refractivity contribution < 1.29 is 23.9 Å². The van der Waals surface area contributed by atoms with Gasteiger partial charge in [-0.15, -0.1) is 11.8 Å². The number of carbonyl (C=O) groups is 4. The summed E-state index contributed by atoms with van der Waals surface area (Å²) in [6, 6.07) is 18.4. The largest absolute Gasteiger partial charge is 0.456 e. The molecule has 0 aliphatic carbocycles. The van der Waals surface area contributed by atoms with Crippen molar-refractivity contribution >= 4 is 51.9 Å². The number of rotatable bonds is 6. The summed E-state index contributed by atoms with van der Waals surface area (Å²) in [5.41, 5.74) is 1.80. The van der Waals surface area contributed by atoms with Crippen molar-refractivity contribution in [2.24, 2.45) is 0 Å². The first-order chi connectivity index (χ1) is 16.5. The topological polar surface area (TPSA) is 84.0 Å². The minimum absolute atomic E-state index is 0.00261. The molecule has 0 saturated carbocycles. The number of fused-ring (bicyclic) bond motifs is 1. The maximum Gasteiger partial charge on any atom is 0.306 e. The average Bonchev–Trinajstić information content (AvgIpc) is 2.87. The van der Waals surface area contributed by atoms with Crippen LogP contribution in [0.2, 0.25) is 0 Å². The van der Waals surface area contributed by atoms with Crippen molar-refractivity contribution in [2.45, 2.75) is 17.7 Å². The fourth-order valence-electron chi connectivity index (χ4n) is 4.39. The second-order valence-corrected chi connectivity index (χ2v) is 9.23. The van der Waals surface area contributed by atoms with E-state index < -0.39 is 5.97 Å². The van der Waals surface area contributed by atoms with Crippen LogP contribution in [0.3, 0.4) is 0 Å². The van der Waals surface area contributed by atoms with Gasteiger partial charge in [0, 0.05) is 46.7 Å². The lowest BCUT2D eigenvalue weighted by Crippen LogP contribution is -2.41. The van der Waals surface area contributed by atoms with Crippen LogP contribution in [0, 0.1) is 0 Å². The molecule has 0 unspecified atom stereocenters. The normalized spacial score (nSPS) is 14.8. The number of thioether (sulfide) groups is 1. The van der Waals surface area contributed by atoms with Crippen molar-refractivity contribution in [3.63, 3.8) is 0 Å². The number of esters is 1. The van der Waals surface area contributed by atoms with Gasteiger partial charge >= 0.3 is 5.97 Å². The van der Waals surface area contributed by atoms with Crippen LogP contribution in [0.25, 0.3) is 10.8 Å². The van der Waals surface area contributed by atoms with Crippen LogP contribution in [0.1, 0.15) is 33.6 Å². The summed E-state index contributed by atoms with van der Waals surface area (Å²) in [5, 5.41) is 1.52. The SMILES string of the molecule is O=C(CCCN1C(=O)c2cccc3cccc(c23)C1=O)OCC(=O)N1CCSc2ccccc21. The zero-order valence-electron chi connectivity index (χ0n) is 18.4. The average molecular weight is 475 g/mol. The zero-order chi connectivity index (χ0) is 23.7. The first-order valence-electron chi connectivity index (χ1n) is 11.1. The molecular formula is C26H22N2O5S. The Kier molecular flexibility index (Phi) is 6.06. The molecule has 0 fully saturated rings. The molecule has 2 aliphatic rings. The van der Waals surface area contributed by atoms with Crippen molar-refractivity contribution in [3.05, 3.63) is 71.8 Å². The first-order valence-corrected chi connectivity index (χ1v) is 12.1. The van der Waals surface area contributed by atoms with E-state index in [9.17, 15) is 19.2 Å². The van der Waals surface area contributed by atoms with Gasteiger partial charge in [-0.1, -0.05) is 36.4 Å². The molecule has 5 rings (SSSR count). The van der Waals surface area contributed by atoms with E-state index in [0.29, 0.717) is 23.1 Å². The first kappa shape index (κ1) is 22.2. The predicted octanol–water partition coefficient (Wildman–Crippen LogP) is 3.90. The lowest BCUT2D eigenvalue weighted by Gasteiger charge is -2.28. The molecular weight excluding hydrogens is 452 g/mol. The molecule has 172 valence electrons. The number of imide groups is 1. The zero-order valence-corrected chi connectivity index (χ0v) is 19.2. The second-order valence-electron chi connectivity index (χ2n) is 8.10. The van der Waals surface area contributed by atoms with E-state index in [2.05, 4.69) is 0 Å². The maximum atomic E-state index is 12.9. The molecule has 0 N–H and O–H groups in total. The molecule has 3 amide bonds. The molecule has 3 aromatic rings. The standard InChI is InChI=1S/C26H22N2O5S/c29-22(27-14-15-34-21-11-2-1-10-20(21)27)16-33-23(30)12-5-13-28-25(31)18-8-3-6-17-7-4-9-19(24(17)18)26(28)32/h1-4,6-11H,5,12-16H2. The quantitative estimate of drug-likeness (QED) is 0.398. The predicted molar refractivity (Wildman–Crippen MR) is 129 cm³/mol. The molecule has 0 spiro atoms. The van der Waals surface area contributed by atoms with Crippen molar-refractivity contribution in [1.82, 2.24) is 4.90 Å². The molecule has 2 aliphatic heterocycles. The van der Waals surface area contributed by atoms with Crippen LogP contribution in [0.5, 0.6) is 0 Å². The lowest BCUT2D eigenvalue weighted by molar-refractivity contribution is -0.148. The van der Waals surface area contributed by atoms with E-state index >= 15 is 0 Å². The molecule has 0 radical (unpaired) electrons. The Labute approximate surface area is 200 Å². The number of anilines is 1. The molecule has 0 aromatic heterocycles. The minimum atomic E-state index is -0.535. The van der Waals surface area contributed by atoms with E-state index in [1.165, 1.54) is 4.90 Å². The Balaban J connectivity index is 1.16. The van der Waals surface area contributed by atoms with Gasteiger partial charge < -0.3 is 9.64 Å². The third-order valence-electron chi connectivity index (χ3n) is 6.00. The fourth-order valence-corrected chi connectivity index (χ4v) is 5.38. The smallest absolute Gasteiger partial charge is 0.306 e. The summed E-state index contributed by atoms with van der Waals surface area (Å²) >= 11 is 1.69. The van der Waals surface area contributed by atoms with Gasteiger partial charge in [0.2, 0.25) is 0 Å². The molecule has 0 atom stereocenters. The van der Waals surface area contributed by atoms with E-state index in [4.69, 9.17) is 4.74 Å². The lowest BCUT2D eigenvalue weighted by atomic mass is 9.94. The summed E-state index contributed by atoms with van der Waals surface area (Å²) in [5.74, 6) is -0.746. The Bertz CT molecular complexity index is 1270. The van der Waals surface area contributed by atoms with Gasteiger partial charge in [-0.05, 0) is 36.1 Å². The fraction of sp³-hybridized carbons (Fsp3) is 0.231. The molecule has 34 heavy (non-hydrogen) atoms. The summed E-state index contributed by atoms with van der Waals surface area (Å²) in [6.07, 6.45) is 0.258. The number of ether oxygens (including phenoxy) is 1. The van der Waals surface area contributed by atoms with Gasteiger partial charge in [0.05, 0.1) is 5.69 Å². The highest BCUT2D eigenvalue weighted by Gasteiger charge is 2.32. The van der Waals surface area contributed by atoms with Crippen LogP contribution in [0.15, 0.2) is 65.6 Å². The van der Waals surface area contributed by atoms with Crippen LogP contribution < -0.4 is 4.90 Å². The number of hydrogen-bond acceptors (Lipinski definition) is 6. The number of para-hydroxylation sites is 1. The highest BCUT2D eigenvalue weighted by molar-refractivity contribution is 7.99. The maximum absolute atomic E-state index is 12.9. The van der Waals surface area contributed by atoms with E-state index in [1.54, 1.807) is 40.9 Å². The number of amides is 3. The number of nitrogens with zero attached hydrogens (tertiary/aromatic N) is 2. The second kappa shape index (κ2) is 9.30. The van der Waals surface area contributed by atoms with Gasteiger partial charge in [0.25, 0.3) is 17.7 Å². The highest BCUT2D eigenvalue weighted by Crippen LogP contribution is 2.34. The monoisotopic (exact) mass is 474 g/mol. The highest BCUT2D eigenvalue weighted by atomic mass is 32.2. The summed E-state index contributed by atoms with van der Waals surface area (Å²) in [7, 11) is 0. The Morgan fingerprint density at radius 1 is 0.912 bits per heavy atom.